The van der Waals surface area contributed by atoms with E-state index in [-0.39, 0.29) is 6.42 Å². The number of esters is 1. The number of aliphatic carboxylic acids is 1. The zero-order valence-corrected chi connectivity index (χ0v) is 12.2. The van der Waals surface area contributed by atoms with Gasteiger partial charge in [0, 0.05) is 0 Å². The number of benzene rings is 2. The Bertz CT molecular complexity index is 581. The molecular formula is C17H18O5. The molecule has 0 bridgehead atoms. The second-order valence-electron chi connectivity index (χ2n) is 4.52. The van der Waals surface area contributed by atoms with Gasteiger partial charge in [-0.15, -0.1) is 0 Å². The summed E-state index contributed by atoms with van der Waals surface area (Å²) in [6.45, 7) is 1.55. The number of phenolic OH excluding ortho intramolecular Hbond substituents is 1. The monoisotopic (exact) mass is 302 g/mol. The molecule has 5 nitrogen and oxygen atoms in total. The minimum atomic E-state index is -0.983. The summed E-state index contributed by atoms with van der Waals surface area (Å²) < 4.78 is 4.93. The van der Waals surface area contributed by atoms with E-state index in [4.69, 9.17) is 14.9 Å². The summed E-state index contributed by atoms with van der Waals surface area (Å²) in [6, 6.07) is 17.2. The molecule has 0 spiro atoms. The zero-order chi connectivity index (χ0) is 16.4. The maximum absolute atomic E-state index is 11.4. The molecule has 0 saturated carbocycles. The smallest absolute Gasteiger partial charge is 0.338 e. The lowest BCUT2D eigenvalue weighted by atomic mass is 10.2. The molecule has 0 aromatic heterocycles. The molecule has 0 radical (unpaired) electrons. The summed E-state index contributed by atoms with van der Waals surface area (Å²) in [7, 11) is 0. The Kier molecular flexibility index (Phi) is 7.19. The fourth-order valence-electron chi connectivity index (χ4n) is 1.54. The lowest BCUT2D eigenvalue weighted by Gasteiger charge is -2.10. The van der Waals surface area contributed by atoms with Gasteiger partial charge in [-0.1, -0.05) is 36.4 Å². The van der Waals surface area contributed by atoms with Gasteiger partial charge in [-0.25, -0.2) is 4.79 Å². The molecule has 0 aliphatic heterocycles. The van der Waals surface area contributed by atoms with Crippen molar-refractivity contribution in [2.75, 3.05) is 0 Å². The second-order valence-corrected chi connectivity index (χ2v) is 4.52. The van der Waals surface area contributed by atoms with E-state index < -0.39 is 18.0 Å². The van der Waals surface area contributed by atoms with Gasteiger partial charge in [-0.05, 0) is 31.2 Å². The molecule has 2 aromatic carbocycles. The van der Waals surface area contributed by atoms with Gasteiger partial charge in [-0.2, -0.15) is 0 Å². The molecule has 0 fully saturated rings. The summed E-state index contributed by atoms with van der Waals surface area (Å²) in [5.41, 5.74) is 0.426. The third kappa shape index (κ3) is 7.09. The molecule has 0 amide bonds. The van der Waals surface area contributed by atoms with Gasteiger partial charge < -0.3 is 14.9 Å². The predicted molar refractivity (Wildman–Crippen MR) is 81.7 cm³/mol. The van der Waals surface area contributed by atoms with Crippen molar-refractivity contribution in [3.05, 3.63) is 66.2 Å². The Morgan fingerprint density at radius 3 is 1.91 bits per heavy atom. The number of carboxylic acid groups (broad SMARTS) is 1. The highest BCUT2D eigenvalue weighted by Gasteiger charge is 2.13. The van der Waals surface area contributed by atoms with Gasteiger partial charge >= 0.3 is 11.9 Å². The molecule has 1 atom stereocenters. The van der Waals surface area contributed by atoms with Crippen molar-refractivity contribution in [3.8, 4) is 5.75 Å². The Labute approximate surface area is 128 Å². The number of aromatic hydroxyl groups is 1. The third-order valence-corrected chi connectivity index (χ3v) is 2.54. The van der Waals surface area contributed by atoms with Crippen LogP contribution in [0.1, 0.15) is 23.7 Å². The van der Waals surface area contributed by atoms with E-state index in [1.165, 1.54) is 0 Å². The average molecular weight is 302 g/mol. The summed E-state index contributed by atoms with van der Waals surface area (Å²) in [5, 5.41) is 17.1. The van der Waals surface area contributed by atoms with Gasteiger partial charge in [0.15, 0.2) is 0 Å². The molecule has 2 N–H and O–H groups in total. The molecule has 0 aliphatic carbocycles. The van der Waals surface area contributed by atoms with Gasteiger partial charge in [0.25, 0.3) is 0 Å². The Morgan fingerprint density at radius 1 is 1.00 bits per heavy atom. The molecular weight excluding hydrogens is 284 g/mol. The SMILES string of the molecule is CC(CC(=O)O)OC(=O)c1ccccc1.Oc1ccccc1. The summed E-state index contributed by atoms with van der Waals surface area (Å²) >= 11 is 0. The van der Waals surface area contributed by atoms with Crippen molar-refractivity contribution in [1.29, 1.82) is 0 Å². The number of rotatable bonds is 4. The quantitative estimate of drug-likeness (QED) is 0.848. The predicted octanol–water partition coefficient (Wildman–Crippen LogP) is 3.10. The first kappa shape index (κ1) is 17.2. The average Bonchev–Trinajstić information content (AvgIpc) is 2.48. The van der Waals surface area contributed by atoms with E-state index in [1.54, 1.807) is 61.5 Å². The van der Waals surface area contributed by atoms with Crippen LogP contribution in [0.15, 0.2) is 60.7 Å². The van der Waals surface area contributed by atoms with Gasteiger partial charge in [-0.3, -0.25) is 4.79 Å². The number of hydrogen-bond acceptors (Lipinski definition) is 4. The second kappa shape index (κ2) is 9.18. The number of carboxylic acids is 1. The third-order valence-electron chi connectivity index (χ3n) is 2.54. The minimum absolute atomic E-state index is 0.182. The first-order chi connectivity index (χ1) is 10.5. The highest BCUT2D eigenvalue weighted by atomic mass is 16.5. The van der Waals surface area contributed by atoms with Gasteiger partial charge in [0.05, 0.1) is 12.0 Å². The summed E-state index contributed by atoms with van der Waals surface area (Å²) in [4.78, 5) is 21.8. The van der Waals surface area contributed by atoms with Gasteiger partial charge in [0.1, 0.15) is 11.9 Å². The highest BCUT2D eigenvalue weighted by Crippen LogP contribution is 2.05. The number of phenols is 1. The molecule has 1 unspecified atom stereocenters. The highest BCUT2D eigenvalue weighted by molar-refractivity contribution is 5.89. The maximum atomic E-state index is 11.4. The van der Waals surface area contributed by atoms with Crippen LogP contribution in [0.4, 0.5) is 0 Å². The van der Waals surface area contributed by atoms with Crippen molar-refractivity contribution in [3.63, 3.8) is 0 Å². The van der Waals surface area contributed by atoms with E-state index in [0.29, 0.717) is 11.3 Å². The molecule has 0 saturated heterocycles. The van der Waals surface area contributed by atoms with Crippen LogP contribution < -0.4 is 0 Å². The van der Waals surface area contributed by atoms with Crippen LogP contribution in [0, 0.1) is 0 Å². The lowest BCUT2D eigenvalue weighted by molar-refractivity contribution is -0.138. The van der Waals surface area contributed by atoms with Crippen molar-refractivity contribution in [2.24, 2.45) is 0 Å². The molecule has 0 heterocycles. The van der Waals surface area contributed by atoms with E-state index in [2.05, 4.69) is 0 Å². The van der Waals surface area contributed by atoms with Crippen LogP contribution in [-0.4, -0.2) is 28.3 Å². The molecule has 116 valence electrons. The van der Waals surface area contributed by atoms with E-state index in [1.807, 2.05) is 6.07 Å². The van der Waals surface area contributed by atoms with Crippen molar-refractivity contribution in [1.82, 2.24) is 0 Å². The van der Waals surface area contributed by atoms with E-state index in [9.17, 15) is 9.59 Å². The Hall–Kier alpha value is -2.82. The van der Waals surface area contributed by atoms with E-state index in [0.717, 1.165) is 0 Å². The Balaban J connectivity index is 0.000000287. The normalized spacial score (nSPS) is 10.8. The van der Waals surface area contributed by atoms with Crippen molar-refractivity contribution >= 4 is 11.9 Å². The summed E-state index contributed by atoms with van der Waals surface area (Å²) in [6.07, 6.45) is -0.798. The maximum Gasteiger partial charge on any atom is 0.338 e. The fraction of sp³-hybridized carbons (Fsp3) is 0.176. The van der Waals surface area contributed by atoms with Crippen LogP contribution in [0.5, 0.6) is 5.75 Å². The Morgan fingerprint density at radius 2 is 1.50 bits per heavy atom. The van der Waals surface area contributed by atoms with Crippen LogP contribution in [-0.2, 0) is 9.53 Å². The standard InChI is InChI=1S/C11H12O4.C6H6O/c1-8(7-10(12)13)15-11(14)9-5-3-2-4-6-9;7-6-4-2-1-3-5-6/h2-6,8H,7H2,1H3,(H,12,13);1-5,7H. The molecule has 5 heteroatoms. The number of carbonyl (C=O) groups excluding carboxylic acids is 1. The first-order valence-electron chi connectivity index (χ1n) is 6.71. The van der Waals surface area contributed by atoms with Crippen molar-refractivity contribution in [2.45, 2.75) is 19.4 Å². The molecule has 0 aliphatic rings. The number of hydrogen-bond donors (Lipinski definition) is 2. The van der Waals surface area contributed by atoms with Gasteiger partial charge in [0.2, 0.25) is 0 Å². The first-order valence-corrected chi connectivity index (χ1v) is 6.71. The minimum Gasteiger partial charge on any atom is -0.508 e. The van der Waals surface area contributed by atoms with E-state index >= 15 is 0 Å². The fourth-order valence-corrected chi connectivity index (χ4v) is 1.54. The van der Waals surface area contributed by atoms with Crippen LogP contribution in [0.25, 0.3) is 0 Å². The largest absolute Gasteiger partial charge is 0.508 e. The number of para-hydroxylation sites is 1. The number of ether oxygens (including phenoxy) is 1. The topological polar surface area (TPSA) is 83.8 Å². The zero-order valence-electron chi connectivity index (χ0n) is 12.2. The molecule has 2 aromatic rings. The van der Waals surface area contributed by atoms with Crippen LogP contribution in [0.2, 0.25) is 0 Å². The molecule has 22 heavy (non-hydrogen) atoms. The summed E-state index contributed by atoms with van der Waals surface area (Å²) in [5.74, 6) is -1.16. The van der Waals surface area contributed by atoms with Crippen molar-refractivity contribution < 1.29 is 24.5 Å². The lowest BCUT2D eigenvalue weighted by Crippen LogP contribution is -2.18. The van der Waals surface area contributed by atoms with Crippen LogP contribution >= 0.6 is 0 Å². The number of carbonyl (C=O) groups is 2. The molecule has 2 rings (SSSR count). The van der Waals surface area contributed by atoms with Crippen LogP contribution in [0.3, 0.4) is 0 Å².